The molecule has 156 valence electrons. The Morgan fingerprint density at radius 2 is 1.86 bits per heavy atom. The third kappa shape index (κ3) is 6.84. The van der Waals surface area contributed by atoms with Crippen molar-refractivity contribution < 1.29 is 22.7 Å². The molecule has 0 bridgehead atoms. The molecule has 0 aromatic heterocycles. The van der Waals surface area contributed by atoms with Gasteiger partial charge in [-0.05, 0) is 30.3 Å². The van der Waals surface area contributed by atoms with Crippen LogP contribution in [-0.2, 0) is 19.6 Å². The number of nitrogens with one attached hydrogen (secondary N) is 2. The topological polar surface area (TPSA) is 105 Å². The molecule has 0 aliphatic rings. The highest BCUT2D eigenvalue weighted by Crippen LogP contribution is 2.22. The van der Waals surface area contributed by atoms with Crippen LogP contribution < -0.4 is 14.9 Å². The molecule has 0 heterocycles. The maximum Gasteiger partial charge on any atom is 0.253 e. The summed E-state index contributed by atoms with van der Waals surface area (Å²) >= 11 is 3.29. The molecule has 0 spiro atoms. The van der Waals surface area contributed by atoms with Gasteiger partial charge in [0, 0.05) is 18.1 Å². The van der Waals surface area contributed by atoms with E-state index in [-0.39, 0.29) is 17.2 Å². The lowest BCUT2D eigenvalue weighted by Crippen LogP contribution is -2.37. The maximum atomic E-state index is 12.6. The summed E-state index contributed by atoms with van der Waals surface area (Å²) in [5, 5.41) is 5.30. The van der Waals surface area contributed by atoms with Crippen LogP contribution in [0, 0.1) is 0 Å². The fourth-order valence-corrected chi connectivity index (χ4v) is 3.74. The summed E-state index contributed by atoms with van der Waals surface area (Å²) in [7, 11) is -2.18. The van der Waals surface area contributed by atoms with Gasteiger partial charge < -0.3 is 15.4 Å². The first-order chi connectivity index (χ1) is 13.7. The van der Waals surface area contributed by atoms with E-state index in [1.54, 1.807) is 48.5 Å². The van der Waals surface area contributed by atoms with Crippen LogP contribution in [0.2, 0.25) is 0 Å². The molecule has 2 rings (SSSR count). The monoisotopic (exact) mass is 483 g/mol. The summed E-state index contributed by atoms with van der Waals surface area (Å²) in [6.45, 7) is 0.244. The molecule has 0 unspecified atom stereocenters. The summed E-state index contributed by atoms with van der Waals surface area (Å²) < 4.78 is 31.0. The van der Waals surface area contributed by atoms with Gasteiger partial charge >= 0.3 is 0 Å². The lowest BCUT2D eigenvalue weighted by molar-refractivity contribution is -0.114. The van der Waals surface area contributed by atoms with Crippen molar-refractivity contribution in [1.82, 2.24) is 5.32 Å². The molecule has 10 heteroatoms. The number of carbonyl (C=O) groups excluding carboxylic acids is 2. The molecule has 2 aromatic rings. The van der Waals surface area contributed by atoms with Crippen LogP contribution in [0.5, 0.6) is 0 Å². The molecule has 0 saturated heterocycles. The second-order valence-corrected chi connectivity index (χ2v) is 8.91. The average molecular weight is 484 g/mol. The SMILES string of the molecule is COCCNC(=O)c1ccccc1NC(=O)CN(c1cccc(Br)c1)S(C)(=O)=O. The lowest BCUT2D eigenvalue weighted by Gasteiger charge is -2.22. The van der Waals surface area contributed by atoms with Crippen LogP contribution in [0.15, 0.2) is 53.0 Å². The van der Waals surface area contributed by atoms with Gasteiger partial charge in [-0.25, -0.2) is 8.42 Å². The zero-order valence-electron chi connectivity index (χ0n) is 16.0. The standard InChI is InChI=1S/C19H22BrN3O5S/c1-28-11-10-21-19(25)16-8-3-4-9-17(16)22-18(24)13-23(29(2,26)27)15-7-5-6-14(20)12-15/h3-9,12H,10-11,13H2,1-2H3,(H,21,25)(H,22,24). The van der Waals surface area contributed by atoms with Gasteiger partial charge in [0.25, 0.3) is 5.91 Å². The zero-order chi connectivity index (χ0) is 21.4. The molecule has 0 atom stereocenters. The van der Waals surface area contributed by atoms with Gasteiger partial charge in [-0.3, -0.25) is 13.9 Å². The first kappa shape index (κ1) is 22.9. The van der Waals surface area contributed by atoms with Crippen molar-refractivity contribution in [3.05, 3.63) is 58.6 Å². The molecule has 0 aliphatic heterocycles. The van der Waals surface area contributed by atoms with E-state index in [2.05, 4.69) is 26.6 Å². The molecule has 29 heavy (non-hydrogen) atoms. The Kier molecular flexibility index (Phi) is 8.18. The minimum atomic E-state index is -3.70. The third-order valence-corrected chi connectivity index (χ3v) is 5.46. The van der Waals surface area contributed by atoms with Crippen LogP contribution in [0.1, 0.15) is 10.4 Å². The van der Waals surface area contributed by atoms with E-state index in [4.69, 9.17) is 4.74 Å². The Hall–Kier alpha value is -2.43. The van der Waals surface area contributed by atoms with Crippen molar-refractivity contribution in [3.8, 4) is 0 Å². The van der Waals surface area contributed by atoms with Crippen molar-refractivity contribution in [2.45, 2.75) is 0 Å². The number of hydrogen-bond acceptors (Lipinski definition) is 5. The minimum Gasteiger partial charge on any atom is -0.383 e. The number of sulfonamides is 1. The van der Waals surface area contributed by atoms with E-state index < -0.39 is 22.5 Å². The Bertz CT molecular complexity index is 981. The molecule has 8 nitrogen and oxygen atoms in total. The Balaban J connectivity index is 2.18. The van der Waals surface area contributed by atoms with Crippen LogP contribution in [0.3, 0.4) is 0 Å². The van der Waals surface area contributed by atoms with E-state index in [9.17, 15) is 18.0 Å². The summed E-state index contributed by atoms with van der Waals surface area (Å²) in [5.41, 5.74) is 0.906. The van der Waals surface area contributed by atoms with Crippen LogP contribution >= 0.6 is 15.9 Å². The molecule has 2 aromatic carbocycles. The number of methoxy groups -OCH3 is 1. The molecule has 2 N–H and O–H groups in total. The number of ether oxygens (including phenoxy) is 1. The molecule has 0 aliphatic carbocycles. The summed E-state index contributed by atoms with van der Waals surface area (Å²) in [6.07, 6.45) is 1.03. The second kappa shape index (κ2) is 10.4. The largest absolute Gasteiger partial charge is 0.383 e. The highest BCUT2D eigenvalue weighted by Gasteiger charge is 2.22. The van der Waals surface area contributed by atoms with Gasteiger partial charge in [0.05, 0.1) is 29.8 Å². The smallest absolute Gasteiger partial charge is 0.253 e. The van der Waals surface area contributed by atoms with Gasteiger partial charge in [0.1, 0.15) is 6.54 Å². The van der Waals surface area contributed by atoms with E-state index in [0.29, 0.717) is 23.3 Å². The number of halogens is 1. The van der Waals surface area contributed by atoms with Crippen LogP contribution in [0.25, 0.3) is 0 Å². The number of hydrogen-bond donors (Lipinski definition) is 2. The molecule has 2 amide bonds. The molecule has 0 saturated carbocycles. The summed E-state index contributed by atoms with van der Waals surface area (Å²) in [5.74, 6) is -0.947. The molecule has 0 radical (unpaired) electrons. The second-order valence-electron chi connectivity index (χ2n) is 6.09. The van der Waals surface area contributed by atoms with E-state index in [1.165, 1.54) is 7.11 Å². The van der Waals surface area contributed by atoms with Gasteiger partial charge in [-0.15, -0.1) is 0 Å². The molecule has 0 fully saturated rings. The van der Waals surface area contributed by atoms with Crippen molar-refractivity contribution in [2.75, 3.05) is 42.7 Å². The summed E-state index contributed by atoms with van der Waals surface area (Å²) in [6, 6.07) is 13.1. The predicted octanol–water partition coefficient (Wildman–Crippen LogP) is 2.23. The first-order valence-electron chi connectivity index (χ1n) is 8.61. The van der Waals surface area contributed by atoms with E-state index in [0.717, 1.165) is 10.6 Å². The van der Waals surface area contributed by atoms with Gasteiger partial charge in [-0.2, -0.15) is 0 Å². The highest BCUT2D eigenvalue weighted by molar-refractivity contribution is 9.10. The number of benzene rings is 2. The first-order valence-corrected chi connectivity index (χ1v) is 11.3. The number of amides is 2. The van der Waals surface area contributed by atoms with Gasteiger partial charge in [0.15, 0.2) is 0 Å². The number of para-hydroxylation sites is 1. The Morgan fingerprint density at radius 1 is 1.14 bits per heavy atom. The predicted molar refractivity (Wildman–Crippen MR) is 116 cm³/mol. The maximum absolute atomic E-state index is 12.6. The fraction of sp³-hybridized carbons (Fsp3) is 0.263. The lowest BCUT2D eigenvalue weighted by atomic mass is 10.1. The fourth-order valence-electron chi connectivity index (χ4n) is 2.50. The number of nitrogens with zero attached hydrogens (tertiary/aromatic N) is 1. The van der Waals surface area contributed by atoms with Gasteiger partial charge in [-0.1, -0.05) is 34.1 Å². The van der Waals surface area contributed by atoms with Crippen molar-refractivity contribution in [1.29, 1.82) is 0 Å². The number of carbonyl (C=O) groups is 2. The average Bonchev–Trinajstić information content (AvgIpc) is 2.65. The van der Waals surface area contributed by atoms with Crippen molar-refractivity contribution in [3.63, 3.8) is 0 Å². The van der Waals surface area contributed by atoms with Crippen molar-refractivity contribution in [2.24, 2.45) is 0 Å². The minimum absolute atomic E-state index is 0.269. The highest BCUT2D eigenvalue weighted by atomic mass is 79.9. The quantitative estimate of drug-likeness (QED) is 0.532. The summed E-state index contributed by atoms with van der Waals surface area (Å²) in [4.78, 5) is 24.9. The Labute approximate surface area is 178 Å². The Morgan fingerprint density at radius 3 is 2.52 bits per heavy atom. The molecular weight excluding hydrogens is 462 g/mol. The van der Waals surface area contributed by atoms with Crippen LogP contribution in [0.4, 0.5) is 11.4 Å². The number of rotatable bonds is 9. The third-order valence-electron chi connectivity index (χ3n) is 3.82. The zero-order valence-corrected chi connectivity index (χ0v) is 18.4. The van der Waals surface area contributed by atoms with Gasteiger partial charge in [0.2, 0.25) is 15.9 Å². The van der Waals surface area contributed by atoms with Crippen molar-refractivity contribution >= 4 is 49.1 Å². The normalized spacial score (nSPS) is 11.0. The molecular formula is C19H22BrN3O5S. The van der Waals surface area contributed by atoms with E-state index in [1.807, 2.05) is 0 Å². The number of anilines is 2. The van der Waals surface area contributed by atoms with E-state index >= 15 is 0 Å². The van der Waals surface area contributed by atoms with Crippen LogP contribution in [-0.4, -0.2) is 53.3 Å².